The second-order valence-corrected chi connectivity index (χ2v) is 6.45. The Morgan fingerprint density at radius 1 is 1.17 bits per heavy atom. The number of rotatable bonds is 3. The highest BCUT2D eigenvalue weighted by Crippen LogP contribution is 2.26. The lowest BCUT2D eigenvalue weighted by molar-refractivity contribution is 0.0856. The van der Waals surface area contributed by atoms with E-state index in [2.05, 4.69) is 4.99 Å². The Balaban J connectivity index is 1.76. The number of carbonyl (C=O) groups is 1. The summed E-state index contributed by atoms with van der Waals surface area (Å²) in [6, 6.07) is 10.5. The molecule has 1 heterocycles. The monoisotopic (exact) mass is 366 g/mol. The highest BCUT2D eigenvalue weighted by molar-refractivity contribution is 8.13. The van der Waals surface area contributed by atoms with Crippen LogP contribution < -0.4 is 0 Å². The van der Waals surface area contributed by atoms with Crippen LogP contribution in [0.1, 0.15) is 15.9 Å². The molecule has 0 bridgehead atoms. The molecule has 0 N–H and O–H groups in total. The van der Waals surface area contributed by atoms with Crippen molar-refractivity contribution in [3.8, 4) is 0 Å². The molecule has 0 saturated heterocycles. The minimum Gasteiger partial charge on any atom is -0.285 e. The second kappa shape index (κ2) is 7.32. The molecular formula is C17H13ClF2N2OS. The maximum atomic E-state index is 14.0. The first-order valence-corrected chi connectivity index (χ1v) is 8.61. The van der Waals surface area contributed by atoms with Crippen molar-refractivity contribution in [2.75, 3.05) is 13.1 Å². The quantitative estimate of drug-likeness (QED) is 0.808. The zero-order valence-corrected chi connectivity index (χ0v) is 14.1. The number of hydrogen-bond acceptors (Lipinski definition) is 3. The third-order valence-corrected chi connectivity index (χ3v) is 4.92. The summed E-state index contributed by atoms with van der Waals surface area (Å²) in [5, 5.41) is 0.507. The Morgan fingerprint density at radius 2 is 1.92 bits per heavy atom. The third-order valence-electron chi connectivity index (χ3n) is 3.54. The molecule has 1 amide bonds. The fourth-order valence-corrected chi connectivity index (χ4v) is 3.61. The number of carbonyl (C=O) groups excluding carboxylic acids is 1. The van der Waals surface area contributed by atoms with Gasteiger partial charge >= 0.3 is 0 Å². The fourth-order valence-electron chi connectivity index (χ4n) is 2.33. The highest BCUT2D eigenvalue weighted by atomic mass is 35.5. The molecule has 3 rings (SSSR count). The number of thioether (sulfide) groups is 1. The van der Waals surface area contributed by atoms with E-state index in [1.54, 1.807) is 18.2 Å². The first-order chi connectivity index (χ1) is 11.6. The molecule has 3 nitrogen and oxygen atoms in total. The molecule has 0 atom stereocenters. The van der Waals surface area contributed by atoms with E-state index in [0.29, 0.717) is 29.6 Å². The van der Waals surface area contributed by atoms with Crippen molar-refractivity contribution in [3.05, 3.63) is 70.2 Å². The van der Waals surface area contributed by atoms with Crippen LogP contribution in [0.4, 0.5) is 8.78 Å². The van der Waals surface area contributed by atoms with Gasteiger partial charge in [0.2, 0.25) is 0 Å². The summed E-state index contributed by atoms with van der Waals surface area (Å²) < 4.78 is 27.6. The third kappa shape index (κ3) is 3.44. The van der Waals surface area contributed by atoms with Gasteiger partial charge in [-0.25, -0.2) is 8.78 Å². The van der Waals surface area contributed by atoms with E-state index in [1.807, 2.05) is 0 Å². The zero-order valence-electron chi connectivity index (χ0n) is 12.5. The first-order valence-electron chi connectivity index (χ1n) is 7.24. The number of benzene rings is 2. The first kappa shape index (κ1) is 16.9. The molecule has 1 aliphatic heterocycles. The molecule has 1 aliphatic rings. The van der Waals surface area contributed by atoms with Gasteiger partial charge in [0.05, 0.1) is 17.1 Å². The molecule has 0 saturated carbocycles. The molecule has 24 heavy (non-hydrogen) atoms. The summed E-state index contributed by atoms with van der Waals surface area (Å²) in [6.45, 7) is 0.778. The van der Waals surface area contributed by atoms with Gasteiger partial charge in [-0.3, -0.25) is 14.7 Å². The van der Waals surface area contributed by atoms with Crippen molar-refractivity contribution in [2.45, 2.75) is 5.75 Å². The minimum atomic E-state index is -0.669. The lowest BCUT2D eigenvalue weighted by Crippen LogP contribution is -2.33. The molecule has 0 unspecified atom stereocenters. The van der Waals surface area contributed by atoms with Crippen LogP contribution in [0.2, 0.25) is 5.02 Å². The van der Waals surface area contributed by atoms with Crippen LogP contribution in [0.15, 0.2) is 47.5 Å². The summed E-state index contributed by atoms with van der Waals surface area (Å²) in [7, 11) is 0. The van der Waals surface area contributed by atoms with Gasteiger partial charge in [0.15, 0.2) is 5.17 Å². The number of hydrogen-bond donors (Lipinski definition) is 0. The van der Waals surface area contributed by atoms with E-state index in [1.165, 1.54) is 40.9 Å². The van der Waals surface area contributed by atoms with Crippen LogP contribution in [0.5, 0.6) is 0 Å². The maximum absolute atomic E-state index is 14.0. The smallest absolute Gasteiger partial charge is 0.264 e. The van der Waals surface area contributed by atoms with Crippen LogP contribution in [0, 0.1) is 11.6 Å². The van der Waals surface area contributed by atoms with E-state index in [0.717, 1.165) is 0 Å². The molecule has 2 aromatic carbocycles. The van der Waals surface area contributed by atoms with Gasteiger partial charge in [-0.2, -0.15) is 0 Å². The lowest BCUT2D eigenvalue weighted by Gasteiger charge is -2.19. The number of aliphatic imine (C=N–C) groups is 1. The van der Waals surface area contributed by atoms with Gasteiger partial charge in [0, 0.05) is 12.3 Å². The predicted octanol–water partition coefficient (Wildman–Crippen LogP) is 4.36. The van der Waals surface area contributed by atoms with Crippen molar-refractivity contribution in [1.82, 2.24) is 4.90 Å². The van der Waals surface area contributed by atoms with Gasteiger partial charge in [0.1, 0.15) is 11.6 Å². The highest BCUT2D eigenvalue weighted by Gasteiger charge is 2.28. The van der Waals surface area contributed by atoms with Crippen LogP contribution >= 0.6 is 23.4 Å². The van der Waals surface area contributed by atoms with Gasteiger partial charge < -0.3 is 0 Å². The van der Waals surface area contributed by atoms with Gasteiger partial charge in [0.25, 0.3) is 5.91 Å². The Bertz CT molecular complexity index is 793. The lowest BCUT2D eigenvalue weighted by atomic mass is 10.2. The molecule has 0 aliphatic carbocycles. The van der Waals surface area contributed by atoms with E-state index < -0.39 is 11.7 Å². The Hall–Kier alpha value is -1.92. The largest absolute Gasteiger partial charge is 0.285 e. The van der Waals surface area contributed by atoms with E-state index in [9.17, 15) is 13.6 Å². The molecular weight excluding hydrogens is 354 g/mol. The molecule has 0 spiro atoms. The van der Waals surface area contributed by atoms with Crippen LogP contribution in [0.25, 0.3) is 0 Å². The van der Waals surface area contributed by atoms with Crippen molar-refractivity contribution in [3.63, 3.8) is 0 Å². The Kier molecular flexibility index (Phi) is 5.16. The fraction of sp³-hybridized carbons (Fsp3) is 0.176. The van der Waals surface area contributed by atoms with Crippen molar-refractivity contribution in [2.24, 2.45) is 4.99 Å². The average molecular weight is 367 g/mol. The molecule has 0 radical (unpaired) electrons. The summed E-state index contributed by atoms with van der Waals surface area (Å²) in [4.78, 5) is 18.3. The minimum absolute atomic E-state index is 0.0605. The Morgan fingerprint density at radius 3 is 2.67 bits per heavy atom. The van der Waals surface area contributed by atoms with E-state index >= 15 is 0 Å². The summed E-state index contributed by atoms with van der Waals surface area (Å²) in [6.07, 6.45) is 0. The second-order valence-electron chi connectivity index (χ2n) is 5.10. The van der Waals surface area contributed by atoms with Crippen molar-refractivity contribution >= 4 is 34.4 Å². The maximum Gasteiger partial charge on any atom is 0.264 e. The predicted molar refractivity (Wildman–Crippen MR) is 92.4 cm³/mol. The summed E-state index contributed by atoms with van der Waals surface area (Å²) in [5.74, 6) is -1.17. The molecule has 2 aromatic rings. The summed E-state index contributed by atoms with van der Waals surface area (Å²) in [5.41, 5.74) is 0.355. The number of nitrogens with zero attached hydrogens (tertiary/aromatic N) is 2. The molecule has 0 fully saturated rings. The number of amides is 1. The van der Waals surface area contributed by atoms with Crippen molar-refractivity contribution in [1.29, 1.82) is 0 Å². The van der Waals surface area contributed by atoms with Gasteiger partial charge in [-0.1, -0.05) is 47.6 Å². The molecule has 0 aromatic heterocycles. The number of halogens is 3. The van der Waals surface area contributed by atoms with E-state index in [4.69, 9.17) is 11.6 Å². The standard InChI is InChI=1S/C17H13ClF2N2OS/c18-12-5-3-7-14(20)15(12)16(23)22-9-8-21-17(22)24-10-11-4-1-2-6-13(11)19/h1-7H,8-10H2. The molecule has 7 heteroatoms. The van der Waals surface area contributed by atoms with Crippen LogP contribution in [-0.4, -0.2) is 29.1 Å². The topological polar surface area (TPSA) is 32.7 Å². The molecule has 124 valence electrons. The van der Waals surface area contributed by atoms with Gasteiger partial charge in [-0.05, 0) is 23.8 Å². The average Bonchev–Trinajstić information content (AvgIpc) is 3.02. The number of amidine groups is 1. The van der Waals surface area contributed by atoms with Crippen LogP contribution in [-0.2, 0) is 5.75 Å². The zero-order chi connectivity index (χ0) is 17.1. The SMILES string of the molecule is O=C(c1c(F)cccc1Cl)N1CCN=C1SCc1ccccc1F. The summed E-state index contributed by atoms with van der Waals surface area (Å²) >= 11 is 7.20. The van der Waals surface area contributed by atoms with Crippen LogP contribution in [0.3, 0.4) is 0 Å². The Labute approximate surface area is 147 Å². The normalized spacial score (nSPS) is 14.0. The van der Waals surface area contributed by atoms with Gasteiger partial charge in [-0.15, -0.1) is 0 Å². The van der Waals surface area contributed by atoms with E-state index in [-0.39, 0.29) is 16.4 Å². The van der Waals surface area contributed by atoms with Crippen molar-refractivity contribution < 1.29 is 13.6 Å².